The zero-order valence-electron chi connectivity index (χ0n) is 13.3. The van der Waals surface area contributed by atoms with Gasteiger partial charge in [-0.1, -0.05) is 13.8 Å². The van der Waals surface area contributed by atoms with Gasteiger partial charge in [-0.3, -0.25) is 4.79 Å². The number of amides is 1. The second kappa shape index (κ2) is 7.88. The molecule has 0 fully saturated rings. The van der Waals surface area contributed by atoms with E-state index in [4.69, 9.17) is 4.74 Å². The van der Waals surface area contributed by atoms with Crippen molar-refractivity contribution in [3.8, 4) is 5.75 Å². The average Bonchev–Trinajstić information content (AvgIpc) is 2.49. The van der Waals surface area contributed by atoms with E-state index in [-0.39, 0.29) is 17.9 Å². The molecule has 118 valence electrons. The van der Waals surface area contributed by atoms with Gasteiger partial charge in [-0.05, 0) is 31.0 Å². The Balaban J connectivity index is 2.91. The van der Waals surface area contributed by atoms with E-state index in [0.29, 0.717) is 18.0 Å². The van der Waals surface area contributed by atoms with Crippen molar-refractivity contribution in [3.05, 3.63) is 18.2 Å². The molecule has 1 rings (SSSR count). The lowest BCUT2D eigenvalue weighted by Crippen LogP contribution is -2.32. The van der Waals surface area contributed by atoms with Crippen molar-refractivity contribution >= 4 is 17.3 Å². The van der Waals surface area contributed by atoms with Crippen molar-refractivity contribution < 1.29 is 14.6 Å². The Labute approximate surface area is 126 Å². The third kappa shape index (κ3) is 4.63. The first-order valence-electron chi connectivity index (χ1n) is 7.30. The molecule has 0 aromatic heterocycles. The van der Waals surface area contributed by atoms with Crippen LogP contribution in [0, 0.1) is 5.41 Å². The standard InChI is InChI=1S/C16H26N2O3/c1-5-16(6-2,11-19)10-17-14-9-13(18-12(3)20)7-8-15(14)21-4/h7-9,17,19H,5-6,10-11H2,1-4H3,(H,18,20). The van der Waals surface area contributed by atoms with Crippen molar-refractivity contribution in [2.75, 3.05) is 30.9 Å². The Bertz CT molecular complexity index is 462. The Kier molecular flexibility index (Phi) is 6.49. The fourth-order valence-corrected chi connectivity index (χ4v) is 2.19. The SMILES string of the molecule is CCC(CC)(CO)CNc1cc(NC(C)=O)ccc1OC. The molecule has 0 atom stereocenters. The van der Waals surface area contributed by atoms with Crippen LogP contribution >= 0.6 is 0 Å². The summed E-state index contributed by atoms with van der Waals surface area (Å²) >= 11 is 0. The second-order valence-corrected chi connectivity index (χ2v) is 5.32. The highest BCUT2D eigenvalue weighted by atomic mass is 16.5. The molecule has 0 bridgehead atoms. The molecule has 1 amide bonds. The van der Waals surface area contributed by atoms with Gasteiger partial charge < -0.3 is 20.5 Å². The topological polar surface area (TPSA) is 70.6 Å². The van der Waals surface area contributed by atoms with Gasteiger partial charge in [0.2, 0.25) is 5.91 Å². The van der Waals surface area contributed by atoms with Gasteiger partial charge in [-0.25, -0.2) is 0 Å². The van der Waals surface area contributed by atoms with E-state index >= 15 is 0 Å². The zero-order chi connectivity index (χ0) is 15.9. The van der Waals surface area contributed by atoms with Gasteiger partial charge in [0.25, 0.3) is 0 Å². The molecule has 21 heavy (non-hydrogen) atoms. The minimum absolute atomic E-state index is 0.113. The number of carbonyl (C=O) groups is 1. The first kappa shape index (κ1) is 17.3. The molecule has 5 nitrogen and oxygen atoms in total. The summed E-state index contributed by atoms with van der Waals surface area (Å²) in [7, 11) is 1.61. The quantitative estimate of drug-likeness (QED) is 0.689. The first-order valence-corrected chi connectivity index (χ1v) is 7.30. The van der Waals surface area contributed by atoms with Crippen LogP contribution in [0.25, 0.3) is 0 Å². The van der Waals surface area contributed by atoms with Gasteiger partial charge in [0.15, 0.2) is 0 Å². The lowest BCUT2D eigenvalue weighted by molar-refractivity contribution is -0.114. The molecule has 5 heteroatoms. The highest BCUT2D eigenvalue weighted by Crippen LogP contribution is 2.31. The molecule has 0 spiro atoms. The van der Waals surface area contributed by atoms with Crippen molar-refractivity contribution in [2.45, 2.75) is 33.6 Å². The Morgan fingerprint density at radius 1 is 1.33 bits per heavy atom. The summed E-state index contributed by atoms with van der Waals surface area (Å²) in [5.74, 6) is 0.598. The predicted octanol–water partition coefficient (Wildman–Crippen LogP) is 2.86. The zero-order valence-corrected chi connectivity index (χ0v) is 13.3. The number of hydrogen-bond acceptors (Lipinski definition) is 4. The second-order valence-electron chi connectivity index (χ2n) is 5.32. The fraction of sp³-hybridized carbons (Fsp3) is 0.562. The van der Waals surface area contributed by atoms with Crippen LogP contribution in [0.3, 0.4) is 0 Å². The summed E-state index contributed by atoms with van der Waals surface area (Å²) in [5, 5.41) is 15.7. The number of benzene rings is 1. The van der Waals surface area contributed by atoms with Crippen molar-refractivity contribution in [1.82, 2.24) is 0 Å². The number of methoxy groups -OCH3 is 1. The summed E-state index contributed by atoms with van der Waals surface area (Å²) in [4.78, 5) is 11.1. The van der Waals surface area contributed by atoms with Crippen molar-refractivity contribution in [2.24, 2.45) is 5.41 Å². The molecule has 1 aromatic rings. The predicted molar refractivity (Wildman–Crippen MR) is 85.9 cm³/mol. The monoisotopic (exact) mass is 294 g/mol. The molecule has 0 saturated carbocycles. The van der Waals surface area contributed by atoms with E-state index in [1.54, 1.807) is 13.2 Å². The minimum Gasteiger partial charge on any atom is -0.495 e. The minimum atomic E-state index is -0.144. The largest absolute Gasteiger partial charge is 0.495 e. The summed E-state index contributed by atoms with van der Waals surface area (Å²) in [6, 6.07) is 5.45. The first-order chi connectivity index (χ1) is 10.00. The van der Waals surface area contributed by atoms with Crippen LogP contribution in [0.2, 0.25) is 0 Å². The fourth-order valence-electron chi connectivity index (χ4n) is 2.19. The third-order valence-corrected chi connectivity index (χ3v) is 4.01. The number of carbonyl (C=O) groups excluding carboxylic acids is 1. The molecule has 0 heterocycles. The van der Waals surface area contributed by atoms with Crippen LogP contribution in [0.5, 0.6) is 5.75 Å². The molecule has 0 aliphatic heterocycles. The smallest absolute Gasteiger partial charge is 0.221 e. The van der Waals surface area contributed by atoms with Gasteiger partial charge in [0, 0.05) is 24.6 Å². The van der Waals surface area contributed by atoms with Crippen LogP contribution in [0.1, 0.15) is 33.6 Å². The Morgan fingerprint density at radius 3 is 2.48 bits per heavy atom. The van der Waals surface area contributed by atoms with E-state index in [9.17, 15) is 9.90 Å². The van der Waals surface area contributed by atoms with E-state index in [0.717, 1.165) is 18.5 Å². The number of aliphatic hydroxyl groups excluding tert-OH is 1. The Hall–Kier alpha value is -1.75. The third-order valence-electron chi connectivity index (χ3n) is 4.01. The van der Waals surface area contributed by atoms with Gasteiger partial charge in [-0.15, -0.1) is 0 Å². The summed E-state index contributed by atoms with van der Waals surface area (Å²) < 4.78 is 5.33. The summed E-state index contributed by atoms with van der Waals surface area (Å²) in [6.07, 6.45) is 1.78. The molecule has 3 N–H and O–H groups in total. The van der Waals surface area contributed by atoms with Crippen molar-refractivity contribution in [3.63, 3.8) is 0 Å². The molecular formula is C16H26N2O3. The van der Waals surface area contributed by atoms with Crippen LogP contribution < -0.4 is 15.4 Å². The Morgan fingerprint density at radius 2 is 2.00 bits per heavy atom. The average molecular weight is 294 g/mol. The number of aliphatic hydroxyl groups is 1. The lowest BCUT2D eigenvalue weighted by Gasteiger charge is -2.30. The molecule has 1 aromatic carbocycles. The van der Waals surface area contributed by atoms with E-state index < -0.39 is 0 Å². The highest BCUT2D eigenvalue weighted by molar-refractivity contribution is 5.89. The number of anilines is 2. The summed E-state index contributed by atoms with van der Waals surface area (Å²) in [6.45, 7) is 6.41. The highest BCUT2D eigenvalue weighted by Gasteiger charge is 2.25. The maximum absolute atomic E-state index is 11.1. The number of nitrogens with one attached hydrogen (secondary N) is 2. The number of ether oxygens (including phenoxy) is 1. The lowest BCUT2D eigenvalue weighted by atomic mass is 9.83. The molecule has 0 unspecified atom stereocenters. The van der Waals surface area contributed by atoms with Crippen molar-refractivity contribution in [1.29, 1.82) is 0 Å². The summed E-state index contributed by atoms with van der Waals surface area (Å²) in [5.41, 5.74) is 1.38. The van der Waals surface area contributed by atoms with E-state index in [2.05, 4.69) is 24.5 Å². The van der Waals surface area contributed by atoms with Gasteiger partial charge in [0.05, 0.1) is 19.4 Å². The maximum Gasteiger partial charge on any atom is 0.221 e. The van der Waals surface area contributed by atoms with Crippen LogP contribution in [0.15, 0.2) is 18.2 Å². The van der Waals surface area contributed by atoms with Crippen LogP contribution in [0.4, 0.5) is 11.4 Å². The number of rotatable bonds is 8. The molecule has 0 saturated heterocycles. The van der Waals surface area contributed by atoms with E-state index in [1.165, 1.54) is 6.92 Å². The number of hydrogen-bond donors (Lipinski definition) is 3. The normalized spacial score (nSPS) is 11.1. The maximum atomic E-state index is 11.1. The van der Waals surface area contributed by atoms with Gasteiger partial charge in [-0.2, -0.15) is 0 Å². The van der Waals surface area contributed by atoms with Crippen LogP contribution in [-0.2, 0) is 4.79 Å². The van der Waals surface area contributed by atoms with Gasteiger partial charge in [0.1, 0.15) is 5.75 Å². The van der Waals surface area contributed by atoms with E-state index in [1.807, 2.05) is 12.1 Å². The molecule has 0 radical (unpaired) electrons. The molecular weight excluding hydrogens is 268 g/mol. The van der Waals surface area contributed by atoms with Gasteiger partial charge >= 0.3 is 0 Å². The molecule has 0 aliphatic rings. The van der Waals surface area contributed by atoms with Crippen LogP contribution in [-0.4, -0.2) is 31.3 Å². The molecule has 0 aliphatic carbocycles.